The quantitative estimate of drug-likeness (QED) is 0.452. The molecule has 1 saturated carbocycles. The third-order valence-corrected chi connectivity index (χ3v) is 6.26. The van der Waals surface area contributed by atoms with E-state index in [0.29, 0.717) is 5.92 Å². The van der Waals surface area contributed by atoms with Crippen LogP contribution in [0.2, 0.25) is 0 Å². The summed E-state index contributed by atoms with van der Waals surface area (Å²) in [5.74, 6) is 1.41. The van der Waals surface area contributed by atoms with Crippen molar-refractivity contribution in [3.05, 3.63) is 47.4 Å². The molecule has 0 bridgehead atoms. The van der Waals surface area contributed by atoms with E-state index in [9.17, 15) is 0 Å². The number of rotatable bonds is 9. The molecule has 0 saturated heterocycles. The molecule has 1 unspecified atom stereocenters. The van der Waals surface area contributed by atoms with Gasteiger partial charge < -0.3 is 14.7 Å². The fourth-order valence-corrected chi connectivity index (χ4v) is 4.72. The van der Waals surface area contributed by atoms with Crippen LogP contribution in [0.1, 0.15) is 77.8 Å². The van der Waals surface area contributed by atoms with Crippen LogP contribution >= 0.6 is 0 Å². The Hall–Kier alpha value is -2.49. The predicted molar refractivity (Wildman–Crippen MR) is 126 cm³/mol. The van der Waals surface area contributed by atoms with Crippen LogP contribution < -0.4 is 4.74 Å². The molecule has 0 radical (unpaired) electrons. The van der Waals surface area contributed by atoms with Gasteiger partial charge in [0.25, 0.3) is 0 Å². The van der Waals surface area contributed by atoms with Crippen molar-refractivity contribution < 1.29 is 4.74 Å². The minimum atomic E-state index is 0.463. The minimum absolute atomic E-state index is 0.463. The van der Waals surface area contributed by atoms with Crippen LogP contribution in [0.15, 0.2) is 46.7 Å². The zero-order valence-corrected chi connectivity index (χ0v) is 18.7. The highest BCUT2D eigenvalue weighted by Crippen LogP contribution is 2.42. The van der Waals surface area contributed by atoms with Gasteiger partial charge in [-0.15, -0.1) is 0 Å². The van der Waals surface area contributed by atoms with E-state index in [1.54, 1.807) is 0 Å². The van der Waals surface area contributed by atoms with Crippen molar-refractivity contribution >= 4 is 11.3 Å². The number of allylic oxidation sites excluding steroid dienone is 3. The van der Waals surface area contributed by atoms with Crippen molar-refractivity contribution in [2.75, 3.05) is 6.61 Å². The van der Waals surface area contributed by atoms with Gasteiger partial charge in [-0.3, -0.25) is 4.99 Å². The monoisotopic (exact) mass is 405 g/mol. The highest BCUT2D eigenvalue weighted by atomic mass is 16.5. The summed E-state index contributed by atoms with van der Waals surface area (Å²) >= 11 is 0. The molecule has 2 N–H and O–H groups in total. The Morgan fingerprint density at radius 1 is 1.13 bits per heavy atom. The molecule has 4 heteroatoms. The van der Waals surface area contributed by atoms with E-state index in [2.05, 4.69) is 48.9 Å². The van der Waals surface area contributed by atoms with Gasteiger partial charge in [-0.05, 0) is 74.6 Å². The second-order valence-corrected chi connectivity index (χ2v) is 8.48. The predicted octanol–water partition coefficient (Wildman–Crippen LogP) is 7.29. The fraction of sp³-hybridized carbons (Fsp3) is 0.500. The van der Waals surface area contributed by atoms with E-state index in [1.807, 2.05) is 12.3 Å². The van der Waals surface area contributed by atoms with Crippen molar-refractivity contribution in [3.63, 3.8) is 0 Å². The number of aliphatic imine (C=N–C) groups is 1. The molecule has 2 aliphatic rings. The number of nitrogens with zero attached hydrogens (tertiary/aromatic N) is 1. The third kappa shape index (κ3) is 4.19. The molecule has 1 atom stereocenters. The van der Waals surface area contributed by atoms with Gasteiger partial charge >= 0.3 is 0 Å². The zero-order valence-electron chi connectivity index (χ0n) is 18.7. The second-order valence-electron chi connectivity index (χ2n) is 8.48. The summed E-state index contributed by atoms with van der Waals surface area (Å²) in [5, 5.41) is 0. The molecule has 0 amide bonds. The van der Waals surface area contributed by atoms with Gasteiger partial charge in [0.1, 0.15) is 5.75 Å². The SMILES string of the molecule is CCCOc1cc(-c2ccc[nH]2)[nH]c1C(=C1C=C2CCCCC2=N1)C(CC)CCC. The molecule has 2 aromatic rings. The molecule has 160 valence electrons. The van der Waals surface area contributed by atoms with E-state index in [-0.39, 0.29) is 0 Å². The Morgan fingerprint density at radius 3 is 2.70 bits per heavy atom. The first-order chi connectivity index (χ1) is 14.7. The van der Waals surface area contributed by atoms with Crippen LogP contribution in [0.3, 0.4) is 0 Å². The lowest BCUT2D eigenvalue weighted by Gasteiger charge is -2.20. The summed E-state index contributed by atoms with van der Waals surface area (Å²) < 4.78 is 6.25. The van der Waals surface area contributed by atoms with Crippen molar-refractivity contribution in [3.8, 4) is 17.1 Å². The molecule has 1 aliphatic carbocycles. The third-order valence-electron chi connectivity index (χ3n) is 6.26. The summed E-state index contributed by atoms with van der Waals surface area (Å²) in [6, 6.07) is 6.28. The topological polar surface area (TPSA) is 53.2 Å². The van der Waals surface area contributed by atoms with Gasteiger partial charge in [0.05, 0.1) is 29.4 Å². The number of aromatic amines is 2. The Morgan fingerprint density at radius 2 is 2.00 bits per heavy atom. The van der Waals surface area contributed by atoms with Crippen molar-refractivity contribution in [1.29, 1.82) is 0 Å². The summed E-state index contributed by atoms with van der Waals surface area (Å²) in [6.07, 6.45) is 13.6. The van der Waals surface area contributed by atoms with Gasteiger partial charge in [-0.25, -0.2) is 0 Å². The normalized spacial score (nSPS) is 18.6. The molecule has 4 nitrogen and oxygen atoms in total. The first-order valence-corrected chi connectivity index (χ1v) is 11.8. The van der Waals surface area contributed by atoms with Crippen molar-refractivity contribution in [2.24, 2.45) is 10.9 Å². The molecular formula is C26H35N3O. The molecule has 30 heavy (non-hydrogen) atoms. The molecular weight excluding hydrogens is 370 g/mol. The highest BCUT2D eigenvalue weighted by Gasteiger charge is 2.27. The maximum Gasteiger partial charge on any atom is 0.145 e. The van der Waals surface area contributed by atoms with Gasteiger partial charge in [0.2, 0.25) is 0 Å². The average Bonchev–Trinajstić information content (AvgIpc) is 3.51. The number of hydrogen-bond acceptors (Lipinski definition) is 2. The lowest BCUT2D eigenvalue weighted by Crippen LogP contribution is -2.07. The van der Waals surface area contributed by atoms with Gasteiger partial charge in [-0.1, -0.05) is 27.2 Å². The number of nitrogens with one attached hydrogen (secondary N) is 2. The van der Waals surface area contributed by atoms with E-state index < -0.39 is 0 Å². The minimum Gasteiger partial charge on any atom is -0.491 e. The summed E-state index contributed by atoms with van der Waals surface area (Å²) in [6.45, 7) is 7.45. The van der Waals surface area contributed by atoms with E-state index >= 15 is 0 Å². The molecule has 3 heterocycles. The van der Waals surface area contributed by atoms with Crippen LogP contribution in [-0.2, 0) is 0 Å². The standard InChI is InChI=1S/C26H35N3O/c1-4-10-18(6-3)25(23-16-19-11-7-8-12-20(19)28-23)26-24(30-15-5-2)17-22(29-26)21-13-9-14-27-21/h9,13-14,16-18,27,29H,4-8,10-12,15H2,1-3H3. The molecule has 0 aromatic carbocycles. The average molecular weight is 406 g/mol. The van der Waals surface area contributed by atoms with Crippen LogP contribution in [0, 0.1) is 5.92 Å². The van der Waals surface area contributed by atoms with Crippen LogP contribution in [0.5, 0.6) is 5.75 Å². The maximum absolute atomic E-state index is 6.25. The Balaban J connectivity index is 1.86. The number of H-pyrrole nitrogens is 2. The molecule has 1 aliphatic heterocycles. The lowest BCUT2D eigenvalue weighted by atomic mass is 9.87. The van der Waals surface area contributed by atoms with Crippen molar-refractivity contribution in [2.45, 2.75) is 72.1 Å². The first-order valence-electron chi connectivity index (χ1n) is 11.8. The van der Waals surface area contributed by atoms with E-state index in [0.717, 1.165) is 73.7 Å². The lowest BCUT2D eigenvalue weighted by molar-refractivity contribution is 0.316. The molecule has 4 rings (SSSR count). The summed E-state index contributed by atoms with van der Waals surface area (Å²) in [7, 11) is 0. The number of fused-ring (bicyclic) bond motifs is 1. The van der Waals surface area contributed by atoms with Gasteiger partial charge in [-0.2, -0.15) is 0 Å². The van der Waals surface area contributed by atoms with E-state index in [1.165, 1.54) is 29.7 Å². The van der Waals surface area contributed by atoms with Crippen LogP contribution in [-0.4, -0.2) is 22.3 Å². The number of ether oxygens (including phenoxy) is 1. The van der Waals surface area contributed by atoms with E-state index in [4.69, 9.17) is 9.73 Å². The largest absolute Gasteiger partial charge is 0.491 e. The van der Waals surface area contributed by atoms with Gasteiger partial charge in [0, 0.05) is 23.5 Å². The highest BCUT2D eigenvalue weighted by molar-refractivity contribution is 6.05. The van der Waals surface area contributed by atoms with Gasteiger partial charge in [0.15, 0.2) is 0 Å². The smallest absolute Gasteiger partial charge is 0.145 e. The van der Waals surface area contributed by atoms with Crippen molar-refractivity contribution in [1.82, 2.24) is 9.97 Å². The first kappa shape index (κ1) is 20.8. The van der Waals surface area contributed by atoms with Crippen LogP contribution in [0.25, 0.3) is 17.0 Å². The fourth-order valence-electron chi connectivity index (χ4n) is 4.72. The zero-order chi connectivity index (χ0) is 20.9. The Kier molecular flexibility index (Phi) is 6.61. The molecule has 1 fully saturated rings. The second kappa shape index (κ2) is 9.55. The van der Waals surface area contributed by atoms with Crippen LogP contribution in [0.4, 0.5) is 0 Å². The maximum atomic E-state index is 6.25. The number of aromatic nitrogens is 2. The number of hydrogen-bond donors (Lipinski definition) is 2. The summed E-state index contributed by atoms with van der Waals surface area (Å²) in [4.78, 5) is 12.2. The Labute approximate surface area is 180 Å². The summed E-state index contributed by atoms with van der Waals surface area (Å²) in [5.41, 5.74) is 8.52. The molecule has 2 aromatic heterocycles. The molecule has 0 spiro atoms. The Bertz CT molecular complexity index is 919.